The molecule has 28 heavy (non-hydrogen) atoms. The summed E-state index contributed by atoms with van der Waals surface area (Å²) in [5.41, 5.74) is 3.15. The number of halogens is 1. The summed E-state index contributed by atoms with van der Waals surface area (Å²) in [5.74, 6) is 0.478. The van der Waals surface area contributed by atoms with Gasteiger partial charge in [-0.25, -0.2) is 0 Å². The van der Waals surface area contributed by atoms with Crippen molar-refractivity contribution >= 4 is 34.0 Å². The normalized spacial score (nSPS) is 21.0. The van der Waals surface area contributed by atoms with Crippen LogP contribution in [-0.2, 0) is 16.4 Å². The molecule has 6 nitrogen and oxygen atoms in total. The number of sulfonamides is 1. The fraction of sp³-hybridized carbons (Fsp3) is 0.350. The molecular formula is C20H25ClN4O2S. The summed E-state index contributed by atoms with van der Waals surface area (Å²) in [7, 11) is -3.65. The Morgan fingerprint density at radius 3 is 2.64 bits per heavy atom. The Labute approximate surface area is 172 Å². The van der Waals surface area contributed by atoms with E-state index in [1.54, 1.807) is 18.2 Å². The summed E-state index contributed by atoms with van der Waals surface area (Å²) >= 11 is 0. The highest BCUT2D eigenvalue weighted by Gasteiger charge is 2.29. The van der Waals surface area contributed by atoms with Gasteiger partial charge < -0.3 is 10.6 Å². The molecule has 0 radical (unpaired) electrons. The van der Waals surface area contributed by atoms with Crippen molar-refractivity contribution in [3.8, 4) is 0 Å². The summed E-state index contributed by atoms with van der Waals surface area (Å²) in [6.45, 7) is 5.16. The van der Waals surface area contributed by atoms with Gasteiger partial charge in [0.05, 0.1) is 12.2 Å². The van der Waals surface area contributed by atoms with Crippen LogP contribution in [0.1, 0.15) is 24.1 Å². The van der Waals surface area contributed by atoms with E-state index in [1.807, 2.05) is 6.07 Å². The van der Waals surface area contributed by atoms with Crippen LogP contribution in [0.4, 0.5) is 5.69 Å². The van der Waals surface area contributed by atoms with Crippen LogP contribution in [-0.4, -0.2) is 45.3 Å². The molecule has 0 amide bonds. The maximum Gasteiger partial charge on any atom is 0.286 e. The number of anilines is 1. The van der Waals surface area contributed by atoms with Gasteiger partial charge in [-0.05, 0) is 29.7 Å². The largest absolute Gasteiger partial charge is 0.341 e. The Morgan fingerprint density at radius 1 is 1.14 bits per heavy atom. The topological polar surface area (TPSA) is 73.8 Å². The maximum atomic E-state index is 12.5. The Bertz CT molecular complexity index is 960. The molecule has 8 heteroatoms. The summed E-state index contributed by atoms with van der Waals surface area (Å²) in [6, 6.07) is 15.8. The van der Waals surface area contributed by atoms with Gasteiger partial charge in [0.25, 0.3) is 10.0 Å². The van der Waals surface area contributed by atoms with Crippen molar-refractivity contribution in [3.63, 3.8) is 0 Å². The van der Waals surface area contributed by atoms with E-state index in [4.69, 9.17) is 0 Å². The minimum absolute atomic E-state index is 0. The summed E-state index contributed by atoms with van der Waals surface area (Å²) in [6.07, 6.45) is 1.02. The van der Waals surface area contributed by atoms with E-state index < -0.39 is 10.0 Å². The lowest BCUT2D eigenvalue weighted by Gasteiger charge is -2.37. The summed E-state index contributed by atoms with van der Waals surface area (Å²) < 4.78 is 29.0. The fourth-order valence-corrected chi connectivity index (χ4v) is 4.81. The quantitative estimate of drug-likeness (QED) is 0.795. The standard InChI is InChI=1S/C20H24N4O2S.ClH/c1-2-15-7-9-16(10-8-15)18-13-21-11-12-24(18)14-20-22-17-5-3-4-6-19(17)27(25,26)23-20;/h3-10,18,21H,2,11-14H2,1H3,(H,22,23);1H. The number of hydrogen-bond donors (Lipinski definition) is 2. The molecule has 0 aromatic heterocycles. The first-order valence-corrected chi connectivity index (χ1v) is 10.7. The van der Waals surface area contributed by atoms with E-state index in [1.165, 1.54) is 11.1 Å². The highest BCUT2D eigenvalue weighted by molar-refractivity contribution is 7.90. The number of rotatable bonds is 4. The average Bonchev–Trinajstić information content (AvgIpc) is 2.68. The first-order valence-electron chi connectivity index (χ1n) is 9.30. The Hall–Kier alpha value is -1.93. The lowest BCUT2D eigenvalue weighted by Crippen LogP contribution is -2.49. The first kappa shape index (κ1) is 20.8. The number of aryl methyl sites for hydroxylation is 1. The maximum absolute atomic E-state index is 12.5. The number of nitrogens with one attached hydrogen (secondary N) is 2. The fourth-order valence-electron chi connectivity index (χ4n) is 3.67. The molecule has 150 valence electrons. The molecule has 0 aliphatic carbocycles. The van der Waals surface area contributed by atoms with Gasteiger partial charge in [-0.1, -0.05) is 43.3 Å². The van der Waals surface area contributed by atoms with Crippen LogP contribution in [0.2, 0.25) is 0 Å². The molecule has 2 heterocycles. The van der Waals surface area contributed by atoms with E-state index >= 15 is 0 Å². The Balaban J connectivity index is 0.00000225. The number of fused-ring (bicyclic) bond motifs is 1. The van der Waals surface area contributed by atoms with E-state index in [0.717, 1.165) is 26.1 Å². The van der Waals surface area contributed by atoms with Gasteiger partial charge in [0.2, 0.25) is 0 Å². The van der Waals surface area contributed by atoms with E-state index in [2.05, 4.69) is 51.1 Å². The highest BCUT2D eigenvalue weighted by atomic mass is 35.5. The Morgan fingerprint density at radius 2 is 1.89 bits per heavy atom. The highest BCUT2D eigenvalue weighted by Crippen LogP contribution is 2.28. The SMILES string of the molecule is CCc1ccc(C2CNCCN2CC2=NS(=O)(=O)c3ccccc3N2)cc1.Cl. The minimum Gasteiger partial charge on any atom is -0.341 e. The smallest absolute Gasteiger partial charge is 0.286 e. The molecule has 2 aliphatic rings. The zero-order valence-corrected chi connectivity index (χ0v) is 17.4. The molecule has 2 N–H and O–H groups in total. The van der Waals surface area contributed by atoms with Crippen molar-refractivity contribution in [2.75, 3.05) is 31.5 Å². The predicted octanol–water partition coefficient (Wildman–Crippen LogP) is 2.83. The number of hydrogen-bond acceptors (Lipinski definition) is 5. The average molecular weight is 421 g/mol. The predicted molar refractivity (Wildman–Crippen MR) is 115 cm³/mol. The van der Waals surface area contributed by atoms with Crippen LogP contribution in [0.25, 0.3) is 0 Å². The molecule has 2 aliphatic heterocycles. The number of piperazine rings is 1. The van der Waals surface area contributed by atoms with Crippen LogP contribution in [0, 0.1) is 0 Å². The second-order valence-electron chi connectivity index (χ2n) is 6.92. The van der Waals surface area contributed by atoms with Gasteiger partial charge in [-0.3, -0.25) is 4.90 Å². The van der Waals surface area contributed by atoms with Crippen molar-refractivity contribution in [2.45, 2.75) is 24.3 Å². The van der Waals surface area contributed by atoms with Crippen molar-refractivity contribution < 1.29 is 8.42 Å². The van der Waals surface area contributed by atoms with Crippen LogP contribution in [0.3, 0.4) is 0 Å². The second kappa shape index (κ2) is 8.61. The molecular weight excluding hydrogens is 396 g/mol. The monoisotopic (exact) mass is 420 g/mol. The lowest BCUT2D eigenvalue weighted by molar-refractivity contribution is 0.186. The van der Waals surface area contributed by atoms with Gasteiger partial charge in [-0.2, -0.15) is 8.42 Å². The second-order valence-corrected chi connectivity index (χ2v) is 8.49. The first-order chi connectivity index (χ1) is 13.1. The van der Waals surface area contributed by atoms with Gasteiger partial charge in [0.15, 0.2) is 0 Å². The molecule has 1 unspecified atom stereocenters. The zero-order valence-electron chi connectivity index (χ0n) is 15.8. The third-order valence-electron chi connectivity index (χ3n) is 5.15. The molecule has 2 aromatic rings. The Kier molecular flexibility index (Phi) is 6.40. The van der Waals surface area contributed by atoms with Crippen molar-refractivity contribution in [1.82, 2.24) is 10.2 Å². The van der Waals surface area contributed by atoms with Crippen molar-refractivity contribution in [2.24, 2.45) is 4.40 Å². The summed E-state index contributed by atoms with van der Waals surface area (Å²) in [4.78, 5) is 2.52. The van der Waals surface area contributed by atoms with Crippen LogP contribution in [0.5, 0.6) is 0 Å². The van der Waals surface area contributed by atoms with E-state index in [-0.39, 0.29) is 23.3 Å². The zero-order chi connectivity index (χ0) is 18.9. The molecule has 0 saturated carbocycles. The van der Waals surface area contributed by atoms with Gasteiger partial charge in [-0.15, -0.1) is 16.8 Å². The lowest BCUT2D eigenvalue weighted by atomic mass is 10.0. The number of para-hydroxylation sites is 1. The molecule has 1 saturated heterocycles. The van der Waals surface area contributed by atoms with E-state index in [9.17, 15) is 8.42 Å². The van der Waals surface area contributed by atoms with Crippen molar-refractivity contribution in [3.05, 3.63) is 59.7 Å². The van der Waals surface area contributed by atoms with Gasteiger partial charge >= 0.3 is 0 Å². The summed E-state index contributed by atoms with van der Waals surface area (Å²) in [5, 5.41) is 6.64. The number of nitrogens with zero attached hydrogens (tertiary/aromatic N) is 2. The minimum atomic E-state index is -3.65. The van der Waals surface area contributed by atoms with E-state index in [0.29, 0.717) is 18.1 Å². The van der Waals surface area contributed by atoms with Crippen LogP contribution < -0.4 is 10.6 Å². The molecule has 2 aromatic carbocycles. The molecule has 0 bridgehead atoms. The molecule has 4 rings (SSSR count). The van der Waals surface area contributed by atoms with Gasteiger partial charge in [0.1, 0.15) is 10.7 Å². The molecule has 1 fully saturated rings. The van der Waals surface area contributed by atoms with Crippen LogP contribution in [0.15, 0.2) is 57.8 Å². The third kappa shape index (κ3) is 4.22. The molecule has 0 spiro atoms. The van der Waals surface area contributed by atoms with Gasteiger partial charge in [0, 0.05) is 25.7 Å². The third-order valence-corrected chi connectivity index (χ3v) is 6.53. The number of amidine groups is 1. The molecule has 1 atom stereocenters. The van der Waals surface area contributed by atoms with Crippen molar-refractivity contribution in [1.29, 1.82) is 0 Å². The number of benzene rings is 2. The van der Waals surface area contributed by atoms with Crippen LogP contribution >= 0.6 is 12.4 Å².